The van der Waals surface area contributed by atoms with E-state index in [-0.39, 0.29) is 6.54 Å². The molecule has 1 aromatic rings. The van der Waals surface area contributed by atoms with Crippen LogP contribution in [0.2, 0.25) is 0 Å². The van der Waals surface area contributed by atoms with Crippen molar-refractivity contribution in [1.82, 2.24) is 15.1 Å². The normalized spacial score (nSPS) is 25.2. The number of aliphatic imine (C=N–C) groups is 1. The van der Waals surface area contributed by atoms with E-state index < -0.39 is 5.60 Å². The summed E-state index contributed by atoms with van der Waals surface area (Å²) in [6.45, 7) is 9.45. The van der Waals surface area contributed by atoms with Gasteiger partial charge in [0.25, 0.3) is 0 Å². The highest BCUT2D eigenvalue weighted by Gasteiger charge is 2.31. The lowest BCUT2D eigenvalue weighted by Gasteiger charge is -2.26. The minimum absolute atomic E-state index is 0.285. The molecule has 2 fully saturated rings. The van der Waals surface area contributed by atoms with Gasteiger partial charge in [-0.15, -0.1) is 0 Å². The lowest BCUT2D eigenvalue weighted by molar-refractivity contribution is 0.0435. The van der Waals surface area contributed by atoms with Gasteiger partial charge in [0, 0.05) is 25.7 Å². The third kappa shape index (κ3) is 3.92. The Morgan fingerprint density at radius 2 is 2.21 bits per heavy atom. The van der Waals surface area contributed by atoms with Crippen molar-refractivity contribution in [2.45, 2.75) is 44.8 Å². The molecule has 0 bridgehead atoms. The van der Waals surface area contributed by atoms with E-state index in [1.165, 1.54) is 32.4 Å². The van der Waals surface area contributed by atoms with Crippen LogP contribution in [0.4, 0.5) is 0 Å². The Balaban J connectivity index is 1.63. The van der Waals surface area contributed by atoms with Crippen LogP contribution in [0.1, 0.15) is 38.9 Å². The number of guanidine groups is 1. The molecule has 3 rings (SSSR count). The highest BCUT2D eigenvalue weighted by molar-refractivity contribution is 5.80. The van der Waals surface area contributed by atoms with Gasteiger partial charge < -0.3 is 19.7 Å². The largest absolute Gasteiger partial charge is 0.466 e. The summed E-state index contributed by atoms with van der Waals surface area (Å²) in [5, 5.41) is 14.0. The van der Waals surface area contributed by atoms with Crippen molar-refractivity contribution >= 4 is 5.96 Å². The predicted octanol–water partition coefficient (Wildman–Crippen LogP) is 1.62. The predicted molar refractivity (Wildman–Crippen MR) is 95.0 cm³/mol. The molecule has 1 aromatic heterocycles. The van der Waals surface area contributed by atoms with Crippen LogP contribution in [0.15, 0.2) is 27.8 Å². The highest BCUT2D eigenvalue weighted by Crippen LogP contribution is 2.23. The minimum atomic E-state index is -1.09. The first kappa shape index (κ1) is 17.3. The van der Waals surface area contributed by atoms with Crippen molar-refractivity contribution in [2.24, 2.45) is 4.99 Å². The summed E-state index contributed by atoms with van der Waals surface area (Å²) in [7, 11) is 0. The van der Waals surface area contributed by atoms with Crippen LogP contribution in [0.25, 0.3) is 0 Å². The molecule has 6 heteroatoms. The average Bonchev–Trinajstić information content (AvgIpc) is 3.33. The van der Waals surface area contributed by atoms with E-state index >= 15 is 0 Å². The Morgan fingerprint density at radius 3 is 2.88 bits per heavy atom. The summed E-state index contributed by atoms with van der Waals surface area (Å²) in [6.07, 6.45) is 5.44. The molecule has 2 atom stereocenters. The van der Waals surface area contributed by atoms with E-state index in [0.29, 0.717) is 11.8 Å². The van der Waals surface area contributed by atoms with Gasteiger partial charge in [-0.1, -0.05) is 0 Å². The van der Waals surface area contributed by atoms with Gasteiger partial charge in [0.2, 0.25) is 0 Å². The van der Waals surface area contributed by atoms with Crippen molar-refractivity contribution in [1.29, 1.82) is 0 Å². The summed E-state index contributed by atoms with van der Waals surface area (Å²) in [5.41, 5.74) is -1.09. The fourth-order valence-corrected chi connectivity index (χ4v) is 3.66. The van der Waals surface area contributed by atoms with Gasteiger partial charge in [-0.2, -0.15) is 0 Å². The Kier molecular flexibility index (Phi) is 5.46. The first-order chi connectivity index (χ1) is 11.6. The van der Waals surface area contributed by atoms with Crippen LogP contribution in [-0.4, -0.2) is 66.2 Å². The number of rotatable bonds is 5. The summed E-state index contributed by atoms with van der Waals surface area (Å²) >= 11 is 0. The second-order valence-electron chi connectivity index (χ2n) is 7.05. The quantitative estimate of drug-likeness (QED) is 0.633. The van der Waals surface area contributed by atoms with E-state index in [9.17, 15) is 5.11 Å². The molecule has 0 aromatic carbocycles. The highest BCUT2D eigenvalue weighted by atomic mass is 16.4. The molecule has 2 aliphatic heterocycles. The molecule has 0 aliphatic carbocycles. The molecule has 2 saturated heterocycles. The standard InChI is InChI=1S/C18H30N4O2/c1-3-19-17(20-14-18(2,23)16-7-6-12-24-16)22-11-8-15(13-22)21-9-4-5-10-21/h6-7,12,15,23H,3-5,8-11,13-14H2,1-2H3,(H,19,20). The van der Waals surface area contributed by atoms with Crippen LogP contribution in [0.5, 0.6) is 0 Å². The topological polar surface area (TPSA) is 64.2 Å². The Bertz CT molecular complexity index is 535. The molecule has 0 radical (unpaired) electrons. The minimum Gasteiger partial charge on any atom is -0.466 e. The number of nitrogens with one attached hydrogen (secondary N) is 1. The first-order valence-corrected chi connectivity index (χ1v) is 9.14. The number of furan rings is 1. The summed E-state index contributed by atoms with van der Waals surface area (Å²) in [6, 6.07) is 4.23. The van der Waals surface area contributed by atoms with Gasteiger partial charge in [-0.05, 0) is 58.3 Å². The molecule has 2 unspecified atom stereocenters. The Labute approximate surface area is 144 Å². The fraction of sp³-hybridized carbons (Fsp3) is 0.722. The maximum atomic E-state index is 10.6. The molecule has 0 amide bonds. The third-order valence-corrected chi connectivity index (χ3v) is 5.04. The second-order valence-corrected chi connectivity index (χ2v) is 7.05. The summed E-state index contributed by atoms with van der Waals surface area (Å²) < 4.78 is 5.34. The monoisotopic (exact) mass is 334 g/mol. The molecule has 6 nitrogen and oxygen atoms in total. The van der Waals surface area contributed by atoms with Gasteiger partial charge >= 0.3 is 0 Å². The SMILES string of the molecule is CCNC(=NCC(C)(O)c1ccco1)N1CCC(N2CCCC2)C1. The van der Waals surface area contributed by atoms with Crippen molar-refractivity contribution in [2.75, 3.05) is 39.3 Å². The average molecular weight is 334 g/mol. The van der Waals surface area contributed by atoms with E-state index in [4.69, 9.17) is 4.42 Å². The molecule has 0 spiro atoms. The Hall–Kier alpha value is -1.53. The molecule has 2 N–H and O–H groups in total. The van der Waals surface area contributed by atoms with Crippen molar-refractivity contribution in [3.8, 4) is 0 Å². The summed E-state index contributed by atoms with van der Waals surface area (Å²) in [4.78, 5) is 9.62. The maximum Gasteiger partial charge on any atom is 0.194 e. The molecular weight excluding hydrogens is 304 g/mol. The fourth-order valence-electron chi connectivity index (χ4n) is 3.66. The molecule has 24 heavy (non-hydrogen) atoms. The van der Waals surface area contributed by atoms with Gasteiger partial charge in [0.05, 0.1) is 12.8 Å². The molecule has 0 saturated carbocycles. The van der Waals surface area contributed by atoms with Gasteiger partial charge in [0.15, 0.2) is 5.96 Å². The van der Waals surface area contributed by atoms with E-state index in [1.807, 2.05) is 0 Å². The van der Waals surface area contributed by atoms with Crippen LogP contribution in [0.3, 0.4) is 0 Å². The Morgan fingerprint density at radius 1 is 1.42 bits per heavy atom. The number of likely N-dealkylation sites (tertiary alicyclic amines) is 2. The number of hydrogen-bond donors (Lipinski definition) is 2. The zero-order valence-corrected chi connectivity index (χ0v) is 14.9. The summed E-state index contributed by atoms with van der Waals surface area (Å²) in [5.74, 6) is 1.45. The third-order valence-electron chi connectivity index (χ3n) is 5.04. The first-order valence-electron chi connectivity index (χ1n) is 9.14. The van der Waals surface area contributed by atoms with Crippen LogP contribution < -0.4 is 5.32 Å². The maximum absolute atomic E-state index is 10.6. The smallest absolute Gasteiger partial charge is 0.194 e. The zero-order valence-electron chi connectivity index (χ0n) is 14.9. The van der Waals surface area contributed by atoms with Gasteiger partial charge in [-0.3, -0.25) is 4.90 Å². The molecule has 2 aliphatic rings. The number of nitrogens with zero attached hydrogens (tertiary/aromatic N) is 3. The van der Waals surface area contributed by atoms with Crippen LogP contribution in [-0.2, 0) is 5.60 Å². The lowest BCUT2D eigenvalue weighted by Crippen LogP contribution is -2.43. The van der Waals surface area contributed by atoms with Crippen molar-refractivity contribution in [3.05, 3.63) is 24.2 Å². The van der Waals surface area contributed by atoms with Crippen LogP contribution in [0, 0.1) is 0 Å². The van der Waals surface area contributed by atoms with Crippen LogP contribution >= 0.6 is 0 Å². The zero-order chi connectivity index (χ0) is 17.0. The van der Waals surface area contributed by atoms with E-state index in [1.54, 1.807) is 25.3 Å². The molecule has 3 heterocycles. The van der Waals surface area contributed by atoms with Crippen molar-refractivity contribution in [3.63, 3.8) is 0 Å². The number of aliphatic hydroxyl groups is 1. The number of hydrogen-bond acceptors (Lipinski definition) is 4. The molecule has 134 valence electrons. The van der Waals surface area contributed by atoms with E-state index in [0.717, 1.165) is 25.6 Å². The van der Waals surface area contributed by atoms with Crippen molar-refractivity contribution < 1.29 is 9.52 Å². The second kappa shape index (κ2) is 7.57. The van der Waals surface area contributed by atoms with Gasteiger partial charge in [0.1, 0.15) is 11.4 Å². The molecular formula is C18H30N4O2. The van der Waals surface area contributed by atoms with Gasteiger partial charge in [-0.25, -0.2) is 4.99 Å². The lowest BCUT2D eigenvalue weighted by atomic mass is 10.0. The van der Waals surface area contributed by atoms with E-state index in [2.05, 4.69) is 27.0 Å².